The molecule has 0 aromatic heterocycles. The van der Waals surface area contributed by atoms with Crippen molar-refractivity contribution in [1.29, 1.82) is 0 Å². The number of allylic oxidation sites excluding steroid dienone is 1. The van der Waals surface area contributed by atoms with Crippen LogP contribution in [0.25, 0.3) is 0 Å². The Bertz CT molecular complexity index is 172. The van der Waals surface area contributed by atoms with Gasteiger partial charge in [0.25, 0.3) is 0 Å². The van der Waals surface area contributed by atoms with Crippen LogP contribution in [-0.2, 0) is 0 Å². The zero-order valence-corrected chi connectivity index (χ0v) is 9.25. The Hall–Kier alpha value is -0.170. The summed E-state index contributed by atoms with van der Waals surface area (Å²) in [5.74, 6) is 0. The van der Waals surface area contributed by atoms with Crippen molar-refractivity contribution in [3.63, 3.8) is 0 Å². The van der Waals surface area contributed by atoms with Gasteiger partial charge in [-0.1, -0.05) is 35.9 Å². The molecule has 0 radical (unpaired) electrons. The summed E-state index contributed by atoms with van der Waals surface area (Å²) in [6.07, 6.45) is 1.75. The molecule has 1 aromatic carbocycles. The fourth-order valence-electron chi connectivity index (χ4n) is 0.415. The second-order valence-corrected chi connectivity index (χ2v) is 2.14. The third-order valence-corrected chi connectivity index (χ3v) is 0.985. The van der Waals surface area contributed by atoms with Gasteiger partial charge in [-0.2, -0.15) is 0 Å². The highest BCUT2D eigenvalue weighted by atomic mass is 35.5. The van der Waals surface area contributed by atoms with Gasteiger partial charge in [0.05, 0.1) is 0 Å². The van der Waals surface area contributed by atoms with Crippen molar-refractivity contribution in [2.24, 2.45) is 0 Å². The van der Waals surface area contributed by atoms with Crippen LogP contribution >= 0.6 is 36.4 Å². The van der Waals surface area contributed by atoms with Gasteiger partial charge in [-0.25, -0.2) is 0 Å². The van der Waals surface area contributed by atoms with Gasteiger partial charge in [0, 0.05) is 5.02 Å². The smallest absolute Gasteiger partial charge is 0.0405 e. The molecule has 0 aliphatic heterocycles. The summed E-state index contributed by atoms with van der Waals surface area (Å²) in [6.45, 7) is 5.25. The summed E-state index contributed by atoms with van der Waals surface area (Å²) in [4.78, 5) is 0. The molecule has 0 fully saturated rings. The van der Waals surface area contributed by atoms with Crippen LogP contribution in [0.5, 0.6) is 0 Å². The van der Waals surface area contributed by atoms with Crippen LogP contribution in [0.3, 0.4) is 0 Å². The first kappa shape index (κ1) is 17.8. The standard InChI is InChI=1S/C6H5Cl.C3H6.2ClH/c7-6-4-2-1-3-5-6;1-3-2;;/h1-5H;3H,1H2,2H3;2*1H. The SMILES string of the molecule is C=CC.Cl.Cl.Clc1ccccc1. The summed E-state index contributed by atoms with van der Waals surface area (Å²) in [5, 5.41) is 0.794. The van der Waals surface area contributed by atoms with Crippen LogP contribution in [0, 0.1) is 0 Å². The molecule has 0 saturated carbocycles. The predicted molar refractivity (Wildman–Crippen MR) is 61.8 cm³/mol. The first-order valence-corrected chi connectivity index (χ1v) is 3.46. The molecule has 0 aliphatic rings. The van der Waals surface area contributed by atoms with E-state index in [4.69, 9.17) is 11.6 Å². The quantitative estimate of drug-likeness (QED) is 0.577. The minimum Gasteiger partial charge on any atom is -0.147 e. The number of halogens is 3. The number of hydrogen-bond donors (Lipinski definition) is 0. The van der Waals surface area contributed by atoms with Crippen molar-refractivity contribution in [2.75, 3.05) is 0 Å². The van der Waals surface area contributed by atoms with Crippen molar-refractivity contribution in [3.8, 4) is 0 Å². The van der Waals surface area contributed by atoms with E-state index in [2.05, 4.69) is 6.58 Å². The van der Waals surface area contributed by atoms with Gasteiger partial charge in [-0.3, -0.25) is 0 Å². The molecule has 0 aliphatic carbocycles. The highest BCUT2D eigenvalue weighted by Gasteiger charge is 1.74. The van der Waals surface area contributed by atoms with Crippen LogP contribution in [0.15, 0.2) is 43.0 Å². The van der Waals surface area contributed by atoms with Crippen molar-refractivity contribution < 1.29 is 0 Å². The number of rotatable bonds is 0. The van der Waals surface area contributed by atoms with Crippen LogP contribution < -0.4 is 0 Å². The largest absolute Gasteiger partial charge is 0.147 e. The maximum absolute atomic E-state index is 5.54. The van der Waals surface area contributed by atoms with E-state index in [1.54, 1.807) is 6.08 Å². The van der Waals surface area contributed by atoms with Gasteiger partial charge in [-0.15, -0.1) is 31.4 Å². The van der Waals surface area contributed by atoms with Crippen LogP contribution in [0.2, 0.25) is 5.02 Å². The van der Waals surface area contributed by atoms with Gasteiger partial charge >= 0.3 is 0 Å². The predicted octanol–water partition coefficient (Wildman–Crippen LogP) is 4.38. The van der Waals surface area contributed by atoms with Gasteiger partial charge in [0.2, 0.25) is 0 Å². The van der Waals surface area contributed by atoms with Crippen LogP contribution in [-0.4, -0.2) is 0 Å². The highest BCUT2D eigenvalue weighted by Crippen LogP contribution is 2.03. The Labute approximate surface area is 91.5 Å². The Morgan fingerprint density at radius 2 is 1.50 bits per heavy atom. The molecule has 3 heteroatoms. The monoisotopic (exact) mass is 226 g/mol. The Morgan fingerprint density at radius 1 is 1.17 bits per heavy atom. The molecule has 0 nitrogen and oxygen atoms in total. The lowest BCUT2D eigenvalue weighted by molar-refractivity contribution is 1.71. The molecular formula is C9H13Cl3. The zero-order valence-electron chi connectivity index (χ0n) is 6.87. The van der Waals surface area contributed by atoms with E-state index in [-0.39, 0.29) is 24.8 Å². The number of benzene rings is 1. The molecule has 0 spiro atoms. The lowest BCUT2D eigenvalue weighted by Crippen LogP contribution is -1.55. The van der Waals surface area contributed by atoms with Gasteiger partial charge in [0.15, 0.2) is 0 Å². The summed E-state index contributed by atoms with van der Waals surface area (Å²) in [6, 6.07) is 9.44. The van der Waals surface area contributed by atoms with Crippen LogP contribution in [0.1, 0.15) is 6.92 Å². The Morgan fingerprint density at radius 3 is 1.67 bits per heavy atom. The molecule has 12 heavy (non-hydrogen) atoms. The minimum absolute atomic E-state index is 0. The molecule has 0 N–H and O–H groups in total. The normalized spacial score (nSPS) is 6.17. The van der Waals surface area contributed by atoms with Crippen molar-refractivity contribution >= 4 is 36.4 Å². The lowest BCUT2D eigenvalue weighted by Gasteiger charge is -1.80. The van der Waals surface area contributed by atoms with E-state index >= 15 is 0 Å². The fraction of sp³-hybridized carbons (Fsp3) is 0.111. The maximum atomic E-state index is 5.54. The molecule has 70 valence electrons. The van der Waals surface area contributed by atoms with Gasteiger partial charge in [0.1, 0.15) is 0 Å². The molecule has 1 rings (SSSR count). The minimum atomic E-state index is 0. The first-order valence-electron chi connectivity index (χ1n) is 3.09. The summed E-state index contributed by atoms with van der Waals surface area (Å²) in [7, 11) is 0. The second kappa shape index (κ2) is 13.4. The summed E-state index contributed by atoms with van der Waals surface area (Å²) >= 11 is 5.54. The van der Waals surface area contributed by atoms with E-state index in [1.807, 2.05) is 37.3 Å². The van der Waals surface area contributed by atoms with Crippen molar-refractivity contribution in [2.45, 2.75) is 6.92 Å². The lowest BCUT2D eigenvalue weighted by atomic mass is 10.4. The Kier molecular flexibility index (Phi) is 19.9. The van der Waals surface area contributed by atoms with E-state index in [1.165, 1.54) is 0 Å². The third kappa shape index (κ3) is 12.5. The zero-order chi connectivity index (χ0) is 7.82. The molecule has 1 aromatic rings. The number of hydrogen-bond acceptors (Lipinski definition) is 0. The summed E-state index contributed by atoms with van der Waals surface area (Å²) < 4.78 is 0. The van der Waals surface area contributed by atoms with Gasteiger partial charge in [-0.05, 0) is 19.1 Å². The molecule has 0 heterocycles. The fourth-order valence-corrected chi connectivity index (χ4v) is 0.560. The average Bonchev–Trinajstić information content (AvgIpc) is 1.91. The maximum Gasteiger partial charge on any atom is 0.0405 e. The second-order valence-electron chi connectivity index (χ2n) is 1.70. The molecule has 0 atom stereocenters. The van der Waals surface area contributed by atoms with E-state index < -0.39 is 0 Å². The van der Waals surface area contributed by atoms with Crippen molar-refractivity contribution in [3.05, 3.63) is 48.0 Å². The first-order chi connectivity index (χ1) is 4.81. The molecule has 0 saturated heterocycles. The molecular weight excluding hydrogens is 214 g/mol. The average molecular weight is 228 g/mol. The molecule has 0 bridgehead atoms. The molecule has 0 amide bonds. The third-order valence-electron chi connectivity index (χ3n) is 0.733. The topological polar surface area (TPSA) is 0 Å². The van der Waals surface area contributed by atoms with E-state index in [0.717, 1.165) is 5.02 Å². The van der Waals surface area contributed by atoms with E-state index in [9.17, 15) is 0 Å². The molecule has 0 unspecified atom stereocenters. The highest BCUT2D eigenvalue weighted by molar-refractivity contribution is 6.30. The Balaban J connectivity index is -0.000000146. The van der Waals surface area contributed by atoms with Gasteiger partial charge < -0.3 is 0 Å². The summed E-state index contributed by atoms with van der Waals surface area (Å²) in [5.41, 5.74) is 0. The van der Waals surface area contributed by atoms with Crippen molar-refractivity contribution in [1.82, 2.24) is 0 Å². The van der Waals surface area contributed by atoms with E-state index in [0.29, 0.717) is 0 Å². The van der Waals surface area contributed by atoms with Crippen LogP contribution in [0.4, 0.5) is 0 Å².